The number of aliphatic hydroxyl groups excluding tert-OH is 1. The molecule has 1 rings (SSSR count). The number of methoxy groups -OCH3 is 2. The molecule has 0 aliphatic rings. The Morgan fingerprint density at radius 3 is 2.52 bits per heavy atom. The van der Waals surface area contributed by atoms with E-state index in [1.165, 1.54) is 32.4 Å². The zero-order valence-corrected chi connectivity index (χ0v) is 12.2. The Bertz CT molecular complexity index is 549. The van der Waals surface area contributed by atoms with Crippen LogP contribution in [0.5, 0.6) is 5.75 Å². The van der Waals surface area contributed by atoms with E-state index in [-0.39, 0.29) is 17.7 Å². The number of aliphatic hydroxyl groups is 1. The van der Waals surface area contributed by atoms with Crippen molar-refractivity contribution in [1.82, 2.24) is 0 Å². The van der Waals surface area contributed by atoms with Crippen molar-refractivity contribution in [2.75, 3.05) is 20.8 Å². The van der Waals surface area contributed by atoms with Gasteiger partial charge in [-0.15, -0.1) is 0 Å². The normalized spacial score (nSPS) is 11.4. The summed E-state index contributed by atoms with van der Waals surface area (Å²) in [5.74, 6) is -0.998. The molecule has 1 N–H and O–H groups in total. The summed E-state index contributed by atoms with van der Waals surface area (Å²) in [4.78, 5) is 23.2. The van der Waals surface area contributed by atoms with Crippen LogP contribution in [0, 0.1) is 0 Å². The minimum Gasteiger partial charge on any atom is -0.496 e. The minimum absolute atomic E-state index is 0.113. The van der Waals surface area contributed by atoms with Gasteiger partial charge in [-0.1, -0.05) is 12.6 Å². The summed E-state index contributed by atoms with van der Waals surface area (Å²) < 4.78 is 14.5. The van der Waals surface area contributed by atoms with Crippen LogP contribution >= 0.6 is 0 Å². The summed E-state index contributed by atoms with van der Waals surface area (Å²) in [6.45, 7) is 5.35. The molecule has 1 unspecified atom stereocenters. The first-order chi connectivity index (χ1) is 9.96. The average Bonchev–Trinajstić information content (AvgIpc) is 2.52. The molecule has 0 aromatic heterocycles. The lowest BCUT2D eigenvalue weighted by Crippen LogP contribution is -2.14. The topological polar surface area (TPSA) is 82.1 Å². The predicted molar refractivity (Wildman–Crippen MR) is 75.1 cm³/mol. The Hall–Kier alpha value is -2.34. The van der Waals surface area contributed by atoms with Crippen molar-refractivity contribution < 1.29 is 28.9 Å². The molecule has 0 radical (unpaired) electrons. The molecule has 0 saturated carbocycles. The van der Waals surface area contributed by atoms with Crippen LogP contribution in [0.4, 0.5) is 0 Å². The molecule has 0 aliphatic heterocycles. The maximum absolute atomic E-state index is 11.7. The van der Waals surface area contributed by atoms with E-state index in [9.17, 15) is 14.7 Å². The van der Waals surface area contributed by atoms with E-state index in [1.807, 2.05) is 0 Å². The molecule has 0 spiro atoms. The molecule has 0 aliphatic carbocycles. The lowest BCUT2D eigenvalue weighted by Gasteiger charge is -2.15. The van der Waals surface area contributed by atoms with Gasteiger partial charge < -0.3 is 19.3 Å². The first kappa shape index (κ1) is 16.7. The fraction of sp³-hybridized carbons (Fsp3) is 0.333. The largest absolute Gasteiger partial charge is 0.496 e. The van der Waals surface area contributed by atoms with E-state index in [1.54, 1.807) is 6.92 Å². The average molecular weight is 294 g/mol. The number of ether oxygens (including phenoxy) is 3. The Morgan fingerprint density at radius 2 is 2.00 bits per heavy atom. The van der Waals surface area contributed by atoms with E-state index in [2.05, 4.69) is 11.3 Å². The Kier molecular flexibility index (Phi) is 5.92. The number of hydrogen-bond donors (Lipinski definition) is 1. The van der Waals surface area contributed by atoms with Crippen LogP contribution in [-0.2, 0) is 14.3 Å². The SMILES string of the molecule is C=C(C(=O)OCC)C(O)c1ccc(OC)c(C(=O)OC)c1. The van der Waals surface area contributed by atoms with E-state index in [0.717, 1.165) is 0 Å². The Morgan fingerprint density at radius 1 is 1.33 bits per heavy atom. The van der Waals surface area contributed by atoms with Gasteiger partial charge in [0.25, 0.3) is 0 Å². The summed E-state index contributed by atoms with van der Waals surface area (Å²) in [6, 6.07) is 4.42. The number of carbonyl (C=O) groups is 2. The van der Waals surface area contributed by atoms with E-state index in [0.29, 0.717) is 11.3 Å². The van der Waals surface area contributed by atoms with E-state index < -0.39 is 18.0 Å². The van der Waals surface area contributed by atoms with Gasteiger partial charge in [0.15, 0.2) is 0 Å². The van der Waals surface area contributed by atoms with Crippen molar-refractivity contribution in [3.8, 4) is 5.75 Å². The molecule has 6 nitrogen and oxygen atoms in total. The molecule has 114 valence electrons. The van der Waals surface area contributed by atoms with Gasteiger partial charge in [0, 0.05) is 0 Å². The highest BCUT2D eigenvalue weighted by atomic mass is 16.5. The second-order valence-corrected chi connectivity index (χ2v) is 4.10. The molecular formula is C15H18O6. The first-order valence-corrected chi connectivity index (χ1v) is 6.26. The summed E-state index contributed by atoms with van der Waals surface area (Å²) >= 11 is 0. The number of rotatable bonds is 6. The lowest BCUT2D eigenvalue weighted by atomic mass is 10.00. The van der Waals surface area contributed by atoms with Crippen LogP contribution < -0.4 is 4.74 Å². The fourth-order valence-electron chi connectivity index (χ4n) is 1.70. The third-order valence-electron chi connectivity index (χ3n) is 2.81. The maximum Gasteiger partial charge on any atom is 0.341 e. The molecule has 0 fully saturated rings. The third-order valence-corrected chi connectivity index (χ3v) is 2.81. The third kappa shape index (κ3) is 3.82. The molecule has 0 heterocycles. The molecule has 1 aromatic carbocycles. The summed E-state index contributed by atoms with van der Waals surface area (Å²) in [5, 5.41) is 10.1. The van der Waals surface area contributed by atoms with Crippen LogP contribution in [0.2, 0.25) is 0 Å². The van der Waals surface area contributed by atoms with Crippen molar-refractivity contribution in [1.29, 1.82) is 0 Å². The number of hydrogen-bond acceptors (Lipinski definition) is 6. The summed E-state index contributed by atoms with van der Waals surface area (Å²) in [7, 11) is 2.65. The first-order valence-electron chi connectivity index (χ1n) is 6.26. The standard InChI is InChI=1S/C15H18O6/c1-5-21-14(17)9(2)13(16)10-6-7-12(19-3)11(8-10)15(18)20-4/h6-8,13,16H,2,5H2,1,3-4H3. The highest BCUT2D eigenvalue weighted by molar-refractivity contribution is 5.93. The minimum atomic E-state index is -1.28. The van der Waals surface area contributed by atoms with Crippen molar-refractivity contribution in [3.63, 3.8) is 0 Å². The van der Waals surface area contributed by atoms with E-state index in [4.69, 9.17) is 9.47 Å². The highest BCUT2D eigenvalue weighted by Crippen LogP contribution is 2.27. The van der Waals surface area contributed by atoms with Crippen molar-refractivity contribution in [2.45, 2.75) is 13.0 Å². The van der Waals surface area contributed by atoms with Gasteiger partial charge >= 0.3 is 11.9 Å². The van der Waals surface area contributed by atoms with Gasteiger partial charge in [-0.05, 0) is 24.6 Å². The van der Waals surface area contributed by atoms with Gasteiger partial charge in [0.05, 0.1) is 26.4 Å². The predicted octanol–water partition coefficient (Wildman–Crippen LogP) is 1.63. The quantitative estimate of drug-likeness (QED) is 0.634. The van der Waals surface area contributed by atoms with Crippen molar-refractivity contribution in [3.05, 3.63) is 41.5 Å². The molecule has 1 atom stereocenters. The number of carbonyl (C=O) groups excluding carboxylic acids is 2. The van der Waals surface area contributed by atoms with Crippen LogP contribution in [0.3, 0.4) is 0 Å². The van der Waals surface area contributed by atoms with E-state index >= 15 is 0 Å². The second kappa shape index (κ2) is 7.44. The van der Waals surface area contributed by atoms with Crippen LogP contribution in [-0.4, -0.2) is 37.9 Å². The van der Waals surface area contributed by atoms with Gasteiger partial charge in [-0.25, -0.2) is 9.59 Å². The monoisotopic (exact) mass is 294 g/mol. The smallest absolute Gasteiger partial charge is 0.341 e. The molecule has 0 saturated heterocycles. The van der Waals surface area contributed by atoms with Gasteiger partial charge in [0.1, 0.15) is 17.4 Å². The van der Waals surface area contributed by atoms with Crippen LogP contribution in [0.1, 0.15) is 28.9 Å². The molecule has 21 heavy (non-hydrogen) atoms. The number of benzene rings is 1. The zero-order valence-electron chi connectivity index (χ0n) is 12.2. The molecule has 1 aromatic rings. The Labute approximate surface area is 122 Å². The van der Waals surface area contributed by atoms with Gasteiger partial charge in [-0.2, -0.15) is 0 Å². The maximum atomic E-state index is 11.7. The fourth-order valence-corrected chi connectivity index (χ4v) is 1.70. The number of esters is 2. The van der Waals surface area contributed by atoms with Crippen molar-refractivity contribution >= 4 is 11.9 Å². The molecule has 0 amide bonds. The molecular weight excluding hydrogens is 276 g/mol. The molecule has 0 bridgehead atoms. The summed E-state index contributed by atoms with van der Waals surface area (Å²) in [5.41, 5.74) is 0.347. The highest BCUT2D eigenvalue weighted by Gasteiger charge is 2.22. The summed E-state index contributed by atoms with van der Waals surface area (Å²) in [6.07, 6.45) is -1.28. The van der Waals surface area contributed by atoms with Gasteiger partial charge in [0.2, 0.25) is 0 Å². The second-order valence-electron chi connectivity index (χ2n) is 4.10. The lowest BCUT2D eigenvalue weighted by molar-refractivity contribution is -0.139. The zero-order chi connectivity index (χ0) is 16.0. The Balaban J connectivity index is 3.11. The van der Waals surface area contributed by atoms with Crippen LogP contribution in [0.15, 0.2) is 30.4 Å². The molecule has 6 heteroatoms. The van der Waals surface area contributed by atoms with Gasteiger partial charge in [-0.3, -0.25) is 0 Å². The van der Waals surface area contributed by atoms with Crippen LogP contribution in [0.25, 0.3) is 0 Å². The van der Waals surface area contributed by atoms with Crippen molar-refractivity contribution in [2.24, 2.45) is 0 Å².